The maximum absolute atomic E-state index is 6.48. The van der Waals surface area contributed by atoms with Crippen LogP contribution in [0.3, 0.4) is 0 Å². The molecule has 2 aromatic heterocycles. The fourth-order valence-corrected chi connectivity index (χ4v) is 2.94. The van der Waals surface area contributed by atoms with Crippen LogP contribution in [0.5, 0.6) is 0 Å². The second kappa shape index (κ2) is 7.34. The molecule has 0 aromatic carbocycles. The van der Waals surface area contributed by atoms with Crippen LogP contribution < -0.4 is 5.32 Å². The minimum atomic E-state index is 0.0340. The van der Waals surface area contributed by atoms with Gasteiger partial charge in [0, 0.05) is 13.0 Å². The van der Waals surface area contributed by atoms with Crippen molar-refractivity contribution in [2.24, 2.45) is 0 Å². The van der Waals surface area contributed by atoms with Gasteiger partial charge >= 0.3 is 0 Å². The normalized spacial score (nSPS) is 12.8. The predicted molar refractivity (Wildman–Crippen MR) is 86.1 cm³/mol. The van der Waals surface area contributed by atoms with Crippen molar-refractivity contribution in [2.45, 2.75) is 46.2 Å². The highest BCUT2D eigenvalue weighted by atomic mass is 35.5. The van der Waals surface area contributed by atoms with Crippen molar-refractivity contribution in [1.82, 2.24) is 15.1 Å². The molecule has 0 fully saturated rings. The number of nitrogens with zero attached hydrogens (tertiary/aromatic N) is 2. The number of aromatic nitrogens is 2. The van der Waals surface area contributed by atoms with Crippen molar-refractivity contribution in [3.63, 3.8) is 0 Å². The van der Waals surface area contributed by atoms with E-state index < -0.39 is 0 Å². The number of halogens is 2. The van der Waals surface area contributed by atoms with Gasteiger partial charge in [0.15, 0.2) is 5.22 Å². The van der Waals surface area contributed by atoms with Crippen LogP contribution in [0.15, 0.2) is 16.5 Å². The van der Waals surface area contributed by atoms with Gasteiger partial charge in [-0.05, 0) is 43.6 Å². The summed E-state index contributed by atoms with van der Waals surface area (Å²) in [5.41, 5.74) is 1.98. The summed E-state index contributed by atoms with van der Waals surface area (Å²) < 4.78 is 7.52. The van der Waals surface area contributed by atoms with Gasteiger partial charge in [-0.2, -0.15) is 5.10 Å². The van der Waals surface area contributed by atoms with Crippen LogP contribution in [0.2, 0.25) is 10.2 Å². The lowest BCUT2D eigenvalue weighted by Gasteiger charge is -2.16. The first-order valence-electron chi connectivity index (χ1n) is 7.33. The van der Waals surface area contributed by atoms with E-state index in [2.05, 4.69) is 31.2 Å². The molecule has 4 nitrogen and oxygen atoms in total. The van der Waals surface area contributed by atoms with Gasteiger partial charge in [-0.25, -0.2) is 0 Å². The molecule has 116 valence electrons. The van der Waals surface area contributed by atoms with Gasteiger partial charge in [-0.3, -0.25) is 4.68 Å². The Bertz CT molecular complexity index is 592. The summed E-state index contributed by atoms with van der Waals surface area (Å²) in [7, 11) is 0. The third-order valence-corrected chi connectivity index (χ3v) is 4.12. The molecule has 0 spiro atoms. The molecular formula is C15H21Cl2N3O. The van der Waals surface area contributed by atoms with E-state index in [1.54, 1.807) is 6.07 Å². The van der Waals surface area contributed by atoms with Gasteiger partial charge in [-0.15, -0.1) is 0 Å². The van der Waals surface area contributed by atoms with Crippen LogP contribution >= 0.6 is 23.2 Å². The maximum Gasteiger partial charge on any atom is 0.193 e. The molecule has 1 atom stereocenters. The van der Waals surface area contributed by atoms with Crippen LogP contribution in [0.4, 0.5) is 0 Å². The molecule has 0 aliphatic rings. The average Bonchev–Trinajstić information content (AvgIpc) is 3.03. The molecule has 6 heteroatoms. The highest BCUT2D eigenvalue weighted by Crippen LogP contribution is 2.28. The Morgan fingerprint density at radius 1 is 1.29 bits per heavy atom. The zero-order chi connectivity index (χ0) is 15.4. The number of hydrogen-bond acceptors (Lipinski definition) is 3. The predicted octanol–water partition coefficient (Wildman–Crippen LogP) is 4.26. The van der Waals surface area contributed by atoms with E-state index in [9.17, 15) is 0 Å². The number of aryl methyl sites for hydroxylation is 2. The fourth-order valence-electron chi connectivity index (χ4n) is 2.44. The number of hydrogen-bond donors (Lipinski definition) is 1. The molecule has 0 aliphatic heterocycles. The van der Waals surface area contributed by atoms with Crippen LogP contribution in [-0.2, 0) is 19.4 Å². The fraction of sp³-hybridized carbons (Fsp3) is 0.533. The molecule has 0 saturated heterocycles. The van der Waals surface area contributed by atoms with E-state index in [-0.39, 0.29) is 6.04 Å². The van der Waals surface area contributed by atoms with Gasteiger partial charge in [0.25, 0.3) is 0 Å². The average molecular weight is 330 g/mol. The smallest absolute Gasteiger partial charge is 0.193 e. The number of furan rings is 1. The summed E-state index contributed by atoms with van der Waals surface area (Å²) in [5.74, 6) is 0.819. The van der Waals surface area contributed by atoms with Gasteiger partial charge < -0.3 is 9.73 Å². The second-order valence-electron chi connectivity index (χ2n) is 4.83. The topological polar surface area (TPSA) is 43.0 Å². The van der Waals surface area contributed by atoms with Gasteiger partial charge in [0.05, 0.1) is 22.5 Å². The Balaban J connectivity index is 2.30. The summed E-state index contributed by atoms with van der Waals surface area (Å²) in [5, 5.41) is 9.14. The molecule has 0 aliphatic carbocycles. The summed E-state index contributed by atoms with van der Waals surface area (Å²) in [6.07, 6.45) is 1.55. The Hall–Kier alpha value is -0.970. The Morgan fingerprint density at radius 3 is 2.57 bits per heavy atom. The van der Waals surface area contributed by atoms with Gasteiger partial charge in [0.2, 0.25) is 0 Å². The number of rotatable bonds is 7. The van der Waals surface area contributed by atoms with Crippen molar-refractivity contribution in [1.29, 1.82) is 0 Å². The molecule has 2 heterocycles. The van der Waals surface area contributed by atoms with E-state index in [0.29, 0.717) is 5.22 Å². The summed E-state index contributed by atoms with van der Waals surface area (Å²) >= 11 is 12.4. The van der Waals surface area contributed by atoms with Crippen molar-refractivity contribution < 1.29 is 4.42 Å². The Morgan fingerprint density at radius 2 is 2.05 bits per heavy atom. The first-order valence-corrected chi connectivity index (χ1v) is 8.08. The van der Waals surface area contributed by atoms with Crippen molar-refractivity contribution in [3.05, 3.63) is 39.5 Å². The van der Waals surface area contributed by atoms with E-state index in [4.69, 9.17) is 27.6 Å². The van der Waals surface area contributed by atoms with Gasteiger partial charge in [-0.1, -0.05) is 25.4 Å². The van der Waals surface area contributed by atoms with Crippen LogP contribution in [-0.4, -0.2) is 16.3 Å². The Kier molecular flexibility index (Phi) is 5.73. The quantitative estimate of drug-likeness (QED) is 0.825. The van der Waals surface area contributed by atoms with Crippen molar-refractivity contribution >= 4 is 23.2 Å². The SMILES string of the molecule is CCNC(Cc1c(Cl)c(CC)nn1CC)c1ccc(Cl)o1. The molecule has 0 amide bonds. The zero-order valence-electron chi connectivity index (χ0n) is 12.6. The molecular weight excluding hydrogens is 309 g/mol. The van der Waals surface area contributed by atoms with Crippen LogP contribution in [0.25, 0.3) is 0 Å². The molecule has 0 radical (unpaired) electrons. The van der Waals surface area contributed by atoms with Crippen LogP contribution in [0.1, 0.15) is 44.0 Å². The van der Waals surface area contributed by atoms with E-state index >= 15 is 0 Å². The summed E-state index contributed by atoms with van der Waals surface area (Å²) in [6, 6.07) is 3.70. The molecule has 0 saturated carbocycles. The number of likely N-dealkylation sites (N-methyl/N-ethyl adjacent to an activating group) is 1. The molecule has 21 heavy (non-hydrogen) atoms. The molecule has 2 aromatic rings. The lowest BCUT2D eigenvalue weighted by atomic mass is 10.1. The first kappa shape index (κ1) is 16.4. The highest BCUT2D eigenvalue weighted by molar-refractivity contribution is 6.31. The standard InChI is InChI=1S/C15H21Cl2N3O/c1-4-10-15(17)12(20(6-3)19-10)9-11(18-5-2)13-7-8-14(16)21-13/h7-8,11,18H,4-6,9H2,1-3H3. The zero-order valence-corrected chi connectivity index (χ0v) is 14.1. The minimum Gasteiger partial charge on any atom is -0.448 e. The third-order valence-electron chi connectivity index (χ3n) is 3.48. The molecule has 2 rings (SSSR count). The summed E-state index contributed by atoms with van der Waals surface area (Å²) in [6.45, 7) is 7.83. The lowest BCUT2D eigenvalue weighted by Crippen LogP contribution is -2.23. The molecule has 1 unspecified atom stereocenters. The monoisotopic (exact) mass is 329 g/mol. The van der Waals surface area contributed by atoms with E-state index in [0.717, 1.165) is 48.1 Å². The molecule has 0 bridgehead atoms. The van der Waals surface area contributed by atoms with E-state index in [1.165, 1.54) is 0 Å². The van der Waals surface area contributed by atoms with E-state index in [1.807, 2.05) is 10.7 Å². The first-order chi connectivity index (χ1) is 10.1. The van der Waals surface area contributed by atoms with Gasteiger partial charge in [0.1, 0.15) is 5.76 Å². The van der Waals surface area contributed by atoms with Crippen molar-refractivity contribution in [3.8, 4) is 0 Å². The third kappa shape index (κ3) is 3.62. The minimum absolute atomic E-state index is 0.0340. The second-order valence-corrected chi connectivity index (χ2v) is 5.58. The lowest BCUT2D eigenvalue weighted by molar-refractivity contribution is 0.409. The Labute approximate surface area is 135 Å². The maximum atomic E-state index is 6.48. The summed E-state index contributed by atoms with van der Waals surface area (Å²) in [4.78, 5) is 0. The largest absolute Gasteiger partial charge is 0.448 e. The highest BCUT2D eigenvalue weighted by Gasteiger charge is 2.21. The van der Waals surface area contributed by atoms with Crippen LogP contribution in [0, 0.1) is 0 Å². The molecule has 1 N–H and O–H groups in total. The number of nitrogens with one attached hydrogen (secondary N) is 1. The van der Waals surface area contributed by atoms with Crippen molar-refractivity contribution in [2.75, 3.05) is 6.54 Å².